The molecule has 1 heterocycles. The number of amides is 2. The van der Waals surface area contributed by atoms with Crippen molar-refractivity contribution in [3.8, 4) is 0 Å². The lowest BCUT2D eigenvalue weighted by molar-refractivity contribution is -0.124. The molecule has 4 nitrogen and oxygen atoms in total. The minimum atomic E-state index is -0.808. The topological polar surface area (TPSA) is 40.6 Å². The summed E-state index contributed by atoms with van der Waals surface area (Å²) in [5.74, 6) is -2.59. The normalized spacial score (nSPS) is 16.8. The molecule has 0 radical (unpaired) electrons. The van der Waals surface area contributed by atoms with Gasteiger partial charge in [0.2, 0.25) is 11.8 Å². The maximum Gasteiger partial charge on any atom is 0.232 e. The first-order valence-corrected chi connectivity index (χ1v) is 8.54. The summed E-state index contributed by atoms with van der Waals surface area (Å²) in [6.07, 6.45) is 0.0119. The largest absolute Gasteiger partial charge is 0.312 e. The third-order valence-electron chi connectivity index (χ3n) is 4.57. The van der Waals surface area contributed by atoms with Crippen LogP contribution < -0.4 is 9.80 Å². The first kappa shape index (κ1) is 18.0. The van der Waals surface area contributed by atoms with E-state index in [2.05, 4.69) is 0 Å². The highest BCUT2D eigenvalue weighted by atomic mass is 19.1. The minimum Gasteiger partial charge on any atom is -0.312 e. The van der Waals surface area contributed by atoms with E-state index in [1.165, 1.54) is 11.0 Å². The zero-order chi connectivity index (χ0) is 18.8. The van der Waals surface area contributed by atoms with Crippen LogP contribution >= 0.6 is 0 Å². The molecule has 0 aliphatic carbocycles. The summed E-state index contributed by atoms with van der Waals surface area (Å²) in [5.41, 5.74) is 1.81. The van der Waals surface area contributed by atoms with Crippen molar-refractivity contribution in [3.05, 3.63) is 59.7 Å². The smallest absolute Gasteiger partial charge is 0.232 e. The molecule has 0 N–H and O–H groups in total. The molecule has 1 atom stereocenters. The van der Waals surface area contributed by atoms with E-state index in [1.54, 1.807) is 4.90 Å². The number of benzene rings is 2. The van der Waals surface area contributed by atoms with Gasteiger partial charge in [-0.15, -0.1) is 0 Å². The van der Waals surface area contributed by atoms with Crippen LogP contribution in [0.2, 0.25) is 0 Å². The van der Waals surface area contributed by atoms with Crippen LogP contribution in [0.1, 0.15) is 18.9 Å². The van der Waals surface area contributed by atoms with Gasteiger partial charge in [0, 0.05) is 31.3 Å². The molecule has 3 rings (SSSR count). The summed E-state index contributed by atoms with van der Waals surface area (Å²) < 4.78 is 27.1. The van der Waals surface area contributed by atoms with Crippen LogP contribution in [0, 0.1) is 24.5 Å². The van der Waals surface area contributed by atoms with E-state index in [1.807, 2.05) is 38.1 Å². The summed E-state index contributed by atoms with van der Waals surface area (Å²) in [4.78, 5) is 28.1. The fraction of sp³-hybridized carbons (Fsp3) is 0.300. The van der Waals surface area contributed by atoms with Gasteiger partial charge >= 0.3 is 0 Å². The van der Waals surface area contributed by atoms with Gasteiger partial charge in [-0.25, -0.2) is 8.78 Å². The predicted octanol–water partition coefficient (Wildman–Crippen LogP) is 3.68. The molecule has 1 unspecified atom stereocenters. The molecule has 2 aromatic rings. The van der Waals surface area contributed by atoms with Crippen molar-refractivity contribution < 1.29 is 18.4 Å². The third-order valence-corrected chi connectivity index (χ3v) is 4.57. The second kappa shape index (κ2) is 7.23. The molecule has 1 fully saturated rings. The summed E-state index contributed by atoms with van der Waals surface area (Å²) in [6.45, 7) is 4.37. The molecule has 2 amide bonds. The lowest BCUT2D eigenvalue weighted by Gasteiger charge is -2.25. The van der Waals surface area contributed by atoms with Crippen LogP contribution in [0.3, 0.4) is 0 Å². The highest BCUT2D eigenvalue weighted by molar-refractivity contribution is 6.04. The van der Waals surface area contributed by atoms with Crippen LogP contribution in [0.5, 0.6) is 0 Å². The van der Waals surface area contributed by atoms with Crippen LogP contribution in [0.25, 0.3) is 0 Å². The molecule has 1 aliphatic rings. The van der Waals surface area contributed by atoms with E-state index < -0.39 is 17.6 Å². The molecule has 26 heavy (non-hydrogen) atoms. The van der Waals surface area contributed by atoms with Gasteiger partial charge in [0.15, 0.2) is 0 Å². The lowest BCUT2D eigenvalue weighted by atomic mass is 10.1. The van der Waals surface area contributed by atoms with Gasteiger partial charge in [-0.05, 0) is 43.7 Å². The molecular formula is C20H20F2N2O2. The molecule has 0 saturated carbocycles. The van der Waals surface area contributed by atoms with Gasteiger partial charge < -0.3 is 9.80 Å². The van der Waals surface area contributed by atoms with Crippen LogP contribution in [-0.2, 0) is 9.59 Å². The second-order valence-corrected chi connectivity index (χ2v) is 6.42. The van der Waals surface area contributed by atoms with E-state index in [-0.39, 0.29) is 30.5 Å². The number of aryl methyl sites for hydroxylation is 1. The monoisotopic (exact) mass is 358 g/mol. The van der Waals surface area contributed by atoms with E-state index in [0.29, 0.717) is 6.54 Å². The Bertz CT molecular complexity index is 853. The molecule has 0 aromatic heterocycles. The zero-order valence-electron chi connectivity index (χ0n) is 14.7. The Morgan fingerprint density at radius 1 is 1.23 bits per heavy atom. The molecule has 136 valence electrons. The summed E-state index contributed by atoms with van der Waals surface area (Å²) in [5, 5.41) is 0. The van der Waals surface area contributed by atoms with E-state index >= 15 is 0 Å². The SMILES string of the molecule is CCN(C(=O)C1CC(=O)N(c2ccc(F)cc2F)C1)c1cccc(C)c1. The van der Waals surface area contributed by atoms with E-state index in [9.17, 15) is 18.4 Å². The predicted molar refractivity (Wildman–Crippen MR) is 96.0 cm³/mol. The van der Waals surface area contributed by atoms with Gasteiger partial charge in [-0.2, -0.15) is 0 Å². The molecule has 1 aliphatic heterocycles. The first-order valence-electron chi connectivity index (χ1n) is 8.54. The lowest BCUT2D eigenvalue weighted by Crippen LogP contribution is -2.37. The van der Waals surface area contributed by atoms with E-state index in [4.69, 9.17) is 0 Å². The Morgan fingerprint density at radius 3 is 2.65 bits per heavy atom. The van der Waals surface area contributed by atoms with Crippen molar-refractivity contribution in [2.24, 2.45) is 5.92 Å². The highest BCUT2D eigenvalue weighted by Crippen LogP contribution is 2.30. The van der Waals surface area contributed by atoms with Gasteiger partial charge in [0.25, 0.3) is 0 Å². The molecule has 2 aromatic carbocycles. The number of rotatable bonds is 4. The molecule has 1 saturated heterocycles. The van der Waals surface area contributed by atoms with Crippen molar-refractivity contribution in [2.75, 3.05) is 22.9 Å². The minimum absolute atomic E-state index is 0.00491. The number of carbonyl (C=O) groups excluding carboxylic acids is 2. The van der Waals surface area contributed by atoms with Gasteiger partial charge in [-0.1, -0.05) is 12.1 Å². The quantitative estimate of drug-likeness (QED) is 0.837. The summed E-state index contributed by atoms with van der Waals surface area (Å²) in [6, 6.07) is 10.7. The average molecular weight is 358 g/mol. The van der Waals surface area contributed by atoms with Crippen molar-refractivity contribution in [1.82, 2.24) is 0 Å². The number of hydrogen-bond donors (Lipinski definition) is 0. The fourth-order valence-corrected chi connectivity index (χ4v) is 3.29. The first-order chi connectivity index (χ1) is 12.4. The number of nitrogens with zero attached hydrogens (tertiary/aromatic N) is 2. The fourth-order valence-electron chi connectivity index (χ4n) is 3.29. The van der Waals surface area contributed by atoms with Crippen molar-refractivity contribution in [2.45, 2.75) is 20.3 Å². The number of hydrogen-bond acceptors (Lipinski definition) is 2. The molecule has 0 bridgehead atoms. The zero-order valence-corrected chi connectivity index (χ0v) is 14.7. The van der Waals surface area contributed by atoms with Crippen LogP contribution in [0.15, 0.2) is 42.5 Å². The standard InChI is InChI=1S/C20H20F2N2O2/c1-3-23(16-6-4-5-13(2)9-16)20(26)14-10-19(25)24(12-14)18-8-7-15(21)11-17(18)22/h4-9,11,14H,3,10,12H2,1-2H3. The van der Waals surface area contributed by atoms with Crippen LogP contribution in [-0.4, -0.2) is 24.9 Å². The maximum atomic E-state index is 14.0. The maximum absolute atomic E-state index is 14.0. The number of halogens is 2. The van der Waals surface area contributed by atoms with E-state index in [0.717, 1.165) is 23.4 Å². The van der Waals surface area contributed by atoms with Gasteiger partial charge in [0.05, 0.1) is 11.6 Å². The van der Waals surface area contributed by atoms with Crippen molar-refractivity contribution in [1.29, 1.82) is 0 Å². The van der Waals surface area contributed by atoms with Gasteiger partial charge in [-0.3, -0.25) is 9.59 Å². The number of anilines is 2. The third kappa shape index (κ3) is 3.45. The van der Waals surface area contributed by atoms with Crippen molar-refractivity contribution >= 4 is 23.2 Å². The average Bonchev–Trinajstić information content (AvgIpc) is 2.97. The molecular weight excluding hydrogens is 338 g/mol. The summed E-state index contributed by atoms with van der Waals surface area (Å²) >= 11 is 0. The second-order valence-electron chi connectivity index (χ2n) is 6.42. The Labute approximate surface area is 151 Å². The Hall–Kier alpha value is -2.76. The highest BCUT2D eigenvalue weighted by Gasteiger charge is 2.38. The number of carbonyl (C=O) groups is 2. The summed E-state index contributed by atoms with van der Waals surface area (Å²) in [7, 11) is 0. The molecule has 6 heteroatoms. The Morgan fingerprint density at radius 2 is 2.00 bits per heavy atom. The van der Waals surface area contributed by atoms with Crippen molar-refractivity contribution in [3.63, 3.8) is 0 Å². The molecule has 0 spiro atoms. The Kier molecular flexibility index (Phi) is 5.02. The Balaban J connectivity index is 1.82. The van der Waals surface area contributed by atoms with Gasteiger partial charge in [0.1, 0.15) is 11.6 Å². The van der Waals surface area contributed by atoms with Crippen LogP contribution in [0.4, 0.5) is 20.2 Å².